The van der Waals surface area contributed by atoms with Gasteiger partial charge in [0.25, 0.3) is 0 Å². The number of amides is 1. The van der Waals surface area contributed by atoms with Gasteiger partial charge in [0.05, 0.1) is 10.6 Å². The van der Waals surface area contributed by atoms with E-state index in [0.29, 0.717) is 29.7 Å². The molecular weight excluding hydrogens is 483 g/mol. The van der Waals surface area contributed by atoms with E-state index >= 15 is 0 Å². The number of halogens is 4. The van der Waals surface area contributed by atoms with Gasteiger partial charge in [-0.15, -0.1) is 0 Å². The zero-order valence-electron chi connectivity index (χ0n) is 18.9. The molecule has 0 fully saturated rings. The minimum absolute atomic E-state index is 0.0211. The summed E-state index contributed by atoms with van der Waals surface area (Å²) in [6, 6.07) is 11.7. The van der Waals surface area contributed by atoms with Crippen LogP contribution in [0.4, 0.5) is 24.8 Å². The number of carbonyl (C=O) groups is 1. The molecular formula is C24H23ClF3N5O2. The van der Waals surface area contributed by atoms with Crippen LogP contribution in [0.2, 0.25) is 5.02 Å². The first-order valence-corrected chi connectivity index (χ1v) is 10.8. The van der Waals surface area contributed by atoms with Crippen molar-refractivity contribution in [3.05, 3.63) is 77.0 Å². The van der Waals surface area contributed by atoms with Crippen molar-refractivity contribution in [2.24, 2.45) is 0 Å². The zero-order chi connectivity index (χ0) is 25.4. The molecule has 0 atom stereocenters. The Morgan fingerprint density at radius 2 is 1.97 bits per heavy atom. The number of likely N-dealkylation sites (N-methyl/N-ethyl adjacent to an activating group) is 1. The summed E-state index contributed by atoms with van der Waals surface area (Å²) in [4.78, 5) is 22.7. The molecule has 35 heavy (non-hydrogen) atoms. The number of nitrogens with zero attached hydrogens (tertiary/aromatic N) is 3. The molecule has 1 aromatic heterocycles. The summed E-state index contributed by atoms with van der Waals surface area (Å²) in [5.41, 5.74) is -0.401. The first-order valence-electron chi connectivity index (χ1n) is 10.5. The lowest BCUT2D eigenvalue weighted by Crippen LogP contribution is -2.21. The van der Waals surface area contributed by atoms with Crippen LogP contribution in [0.25, 0.3) is 6.08 Å². The van der Waals surface area contributed by atoms with Gasteiger partial charge in [0.2, 0.25) is 17.7 Å². The first kappa shape index (κ1) is 26.0. The van der Waals surface area contributed by atoms with E-state index in [0.717, 1.165) is 18.7 Å². The fourth-order valence-corrected chi connectivity index (χ4v) is 3.08. The molecule has 3 aromatic rings. The molecule has 184 valence electrons. The number of benzene rings is 2. The van der Waals surface area contributed by atoms with Crippen molar-refractivity contribution in [1.29, 1.82) is 0 Å². The summed E-state index contributed by atoms with van der Waals surface area (Å²) in [5.74, 6) is 0.663. The monoisotopic (exact) mass is 505 g/mol. The Bertz CT molecular complexity index is 1200. The van der Waals surface area contributed by atoms with E-state index in [9.17, 15) is 18.0 Å². The summed E-state index contributed by atoms with van der Waals surface area (Å²) >= 11 is 5.60. The molecule has 7 nitrogen and oxygen atoms in total. The normalized spacial score (nSPS) is 11.6. The third-order valence-electron chi connectivity index (χ3n) is 4.52. The van der Waals surface area contributed by atoms with Crippen LogP contribution in [-0.4, -0.2) is 48.0 Å². The van der Waals surface area contributed by atoms with Crippen LogP contribution in [0.1, 0.15) is 11.1 Å². The topological polar surface area (TPSA) is 79.4 Å². The van der Waals surface area contributed by atoms with Crippen molar-refractivity contribution in [1.82, 2.24) is 14.9 Å². The number of rotatable bonds is 9. The minimum atomic E-state index is -4.62. The predicted octanol–water partition coefficient (Wildman–Crippen LogP) is 5.57. The maximum Gasteiger partial charge on any atom is 0.417 e. The molecule has 0 bridgehead atoms. The Hall–Kier alpha value is -3.63. The van der Waals surface area contributed by atoms with Crippen LogP contribution in [-0.2, 0) is 11.0 Å². The summed E-state index contributed by atoms with van der Waals surface area (Å²) in [7, 11) is 3.93. The van der Waals surface area contributed by atoms with Gasteiger partial charge < -0.3 is 20.3 Å². The van der Waals surface area contributed by atoms with Crippen LogP contribution in [0, 0.1) is 0 Å². The molecule has 0 aliphatic carbocycles. The second kappa shape index (κ2) is 11.7. The van der Waals surface area contributed by atoms with Crippen LogP contribution in [0.15, 0.2) is 60.8 Å². The second-order valence-corrected chi connectivity index (χ2v) is 8.05. The molecule has 1 heterocycles. The fourth-order valence-electron chi connectivity index (χ4n) is 2.85. The van der Waals surface area contributed by atoms with Crippen molar-refractivity contribution in [2.75, 3.05) is 37.8 Å². The van der Waals surface area contributed by atoms with Crippen LogP contribution in [0.5, 0.6) is 11.6 Å². The van der Waals surface area contributed by atoms with E-state index in [1.807, 2.05) is 19.0 Å². The maximum atomic E-state index is 13.0. The Morgan fingerprint density at radius 3 is 2.71 bits per heavy atom. The highest BCUT2D eigenvalue weighted by Crippen LogP contribution is 2.36. The van der Waals surface area contributed by atoms with Gasteiger partial charge in [-0.1, -0.05) is 23.7 Å². The summed E-state index contributed by atoms with van der Waals surface area (Å²) in [6.45, 7) is 1.49. The highest BCUT2D eigenvalue weighted by Gasteiger charge is 2.33. The molecule has 11 heteroatoms. The second-order valence-electron chi connectivity index (χ2n) is 7.64. The van der Waals surface area contributed by atoms with Crippen molar-refractivity contribution in [3.8, 4) is 11.6 Å². The van der Waals surface area contributed by atoms with E-state index in [-0.39, 0.29) is 5.69 Å². The van der Waals surface area contributed by atoms with Crippen molar-refractivity contribution >= 4 is 35.2 Å². The number of hydrogen-bond acceptors (Lipinski definition) is 6. The first-order chi connectivity index (χ1) is 16.6. The number of anilines is 2. The SMILES string of the molecule is CN(C)CCNc1nccc(Oc2cccc(/C=C/C(=O)Nc3ccc(Cl)c(C(F)(F)F)c3)c2)n1. The Labute approximate surface area is 205 Å². The quantitative estimate of drug-likeness (QED) is 0.370. The largest absolute Gasteiger partial charge is 0.439 e. The molecule has 0 saturated heterocycles. The van der Waals surface area contributed by atoms with Gasteiger partial charge in [0.15, 0.2) is 0 Å². The van der Waals surface area contributed by atoms with E-state index in [4.69, 9.17) is 16.3 Å². The Morgan fingerprint density at radius 1 is 1.17 bits per heavy atom. The summed E-state index contributed by atoms with van der Waals surface area (Å²) in [5, 5.41) is 5.06. The van der Waals surface area contributed by atoms with Crippen molar-refractivity contribution < 1.29 is 22.7 Å². The molecule has 0 aliphatic rings. The van der Waals surface area contributed by atoms with E-state index < -0.39 is 22.7 Å². The van der Waals surface area contributed by atoms with Gasteiger partial charge in [0.1, 0.15) is 5.75 Å². The van der Waals surface area contributed by atoms with Crippen molar-refractivity contribution in [2.45, 2.75) is 6.18 Å². The predicted molar refractivity (Wildman–Crippen MR) is 130 cm³/mol. The Kier molecular flexibility index (Phi) is 8.67. The maximum absolute atomic E-state index is 13.0. The minimum Gasteiger partial charge on any atom is -0.439 e. The number of carbonyl (C=O) groups excluding carboxylic acids is 1. The number of ether oxygens (including phenoxy) is 1. The van der Waals surface area contributed by atoms with Crippen LogP contribution < -0.4 is 15.4 Å². The average molecular weight is 506 g/mol. The molecule has 0 saturated carbocycles. The standard InChI is InChI=1S/C24H23ClF3N5O2/c1-33(2)13-12-30-23-29-11-10-22(32-23)35-18-5-3-4-16(14-18)6-9-21(34)31-17-7-8-20(25)19(15-17)24(26,27)28/h3-11,14-15H,12-13H2,1-2H3,(H,31,34)(H,29,30,32)/b9-6+. The van der Waals surface area contributed by atoms with Gasteiger partial charge >= 0.3 is 6.18 Å². The summed E-state index contributed by atoms with van der Waals surface area (Å²) in [6.07, 6.45) is -0.328. The molecule has 3 rings (SSSR count). The molecule has 2 N–H and O–H groups in total. The van der Waals surface area contributed by atoms with E-state index in [2.05, 4.69) is 20.6 Å². The third kappa shape index (κ3) is 8.27. The fraction of sp³-hybridized carbons (Fsp3) is 0.208. The number of hydrogen-bond donors (Lipinski definition) is 2. The van der Waals surface area contributed by atoms with Crippen molar-refractivity contribution in [3.63, 3.8) is 0 Å². The van der Waals surface area contributed by atoms with E-state index in [1.165, 1.54) is 18.2 Å². The molecule has 0 aliphatic heterocycles. The van der Waals surface area contributed by atoms with Gasteiger partial charge in [0, 0.05) is 37.1 Å². The van der Waals surface area contributed by atoms with Gasteiger partial charge in [-0.05, 0) is 56.1 Å². The lowest BCUT2D eigenvalue weighted by atomic mass is 10.2. The third-order valence-corrected chi connectivity index (χ3v) is 4.85. The number of alkyl halides is 3. The van der Waals surface area contributed by atoms with Gasteiger partial charge in [-0.3, -0.25) is 4.79 Å². The van der Waals surface area contributed by atoms with Crippen LogP contribution in [0.3, 0.4) is 0 Å². The van der Waals surface area contributed by atoms with Gasteiger partial charge in [-0.25, -0.2) is 4.98 Å². The van der Waals surface area contributed by atoms with Crippen LogP contribution >= 0.6 is 11.6 Å². The molecule has 0 radical (unpaired) electrons. The van der Waals surface area contributed by atoms with Gasteiger partial charge in [-0.2, -0.15) is 18.2 Å². The zero-order valence-corrected chi connectivity index (χ0v) is 19.7. The molecule has 2 aromatic carbocycles. The highest BCUT2D eigenvalue weighted by atomic mass is 35.5. The smallest absolute Gasteiger partial charge is 0.417 e. The lowest BCUT2D eigenvalue weighted by molar-refractivity contribution is -0.137. The molecule has 0 unspecified atom stereocenters. The summed E-state index contributed by atoms with van der Waals surface area (Å²) < 4.78 is 44.8. The molecule has 0 spiro atoms. The Balaban J connectivity index is 1.62. The average Bonchev–Trinajstić information content (AvgIpc) is 2.78. The highest BCUT2D eigenvalue weighted by molar-refractivity contribution is 6.31. The molecule has 1 amide bonds. The number of nitrogens with one attached hydrogen (secondary N) is 2. The number of aromatic nitrogens is 2. The lowest BCUT2D eigenvalue weighted by Gasteiger charge is -2.11. The van der Waals surface area contributed by atoms with E-state index in [1.54, 1.807) is 36.5 Å².